The van der Waals surface area contributed by atoms with Gasteiger partial charge in [-0.3, -0.25) is 4.79 Å². The van der Waals surface area contributed by atoms with Crippen molar-refractivity contribution in [2.75, 3.05) is 0 Å². The Hall–Kier alpha value is -2.00. The van der Waals surface area contributed by atoms with Gasteiger partial charge >= 0.3 is 5.97 Å². The van der Waals surface area contributed by atoms with Gasteiger partial charge in [-0.2, -0.15) is 0 Å². The van der Waals surface area contributed by atoms with Crippen molar-refractivity contribution in [1.29, 1.82) is 0 Å². The van der Waals surface area contributed by atoms with Crippen LogP contribution in [0.3, 0.4) is 0 Å². The van der Waals surface area contributed by atoms with E-state index in [-0.39, 0.29) is 17.8 Å². The van der Waals surface area contributed by atoms with E-state index in [0.717, 1.165) is 48.3 Å². The lowest BCUT2D eigenvalue weighted by Gasteiger charge is -2.34. The van der Waals surface area contributed by atoms with Crippen molar-refractivity contribution in [3.05, 3.63) is 64.2 Å². The molecule has 1 aliphatic carbocycles. The van der Waals surface area contributed by atoms with E-state index < -0.39 is 0 Å². The van der Waals surface area contributed by atoms with Crippen molar-refractivity contribution >= 4 is 17.6 Å². The molecule has 1 fully saturated rings. The van der Waals surface area contributed by atoms with Gasteiger partial charge in [-0.05, 0) is 72.4 Å². The van der Waals surface area contributed by atoms with E-state index in [4.69, 9.17) is 16.3 Å². The zero-order valence-corrected chi connectivity index (χ0v) is 16.7. The molecule has 144 valence electrons. The highest BCUT2D eigenvalue weighted by Gasteiger charge is 2.30. The first-order valence-corrected chi connectivity index (χ1v) is 10.1. The van der Waals surface area contributed by atoms with Crippen LogP contribution >= 0.6 is 11.6 Å². The molecule has 2 aromatic carbocycles. The highest BCUT2D eigenvalue weighted by molar-refractivity contribution is 6.31. The van der Waals surface area contributed by atoms with Crippen LogP contribution in [-0.2, 0) is 16.0 Å². The molecular weight excluding hydrogens is 360 g/mol. The minimum absolute atomic E-state index is 0.00225. The quantitative estimate of drug-likeness (QED) is 0.654. The van der Waals surface area contributed by atoms with E-state index in [1.807, 2.05) is 18.2 Å². The van der Waals surface area contributed by atoms with Crippen molar-refractivity contribution < 1.29 is 14.6 Å². The van der Waals surface area contributed by atoms with Gasteiger partial charge in [-0.15, -0.1) is 0 Å². The third kappa shape index (κ3) is 5.26. The number of carbonyl (C=O) groups is 1. The fraction of sp³-hybridized carbons (Fsp3) is 0.435. The van der Waals surface area contributed by atoms with Crippen LogP contribution in [0.2, 0.25) is 5.02 Å². The highest BCUT2D eigenvalue weighted by atomic mass is 35.5. The van der Waals surface area contributed by atoms with Gasteiger partial charge < -0.3 is 9.84 Å². The third-order valence-electron chi connectivity index (χ3n) is 5.54. The van der Waals surface area contributed by atoms with Crippen LogP contribution < -0.4 is 0 Å². The average molecular weight is 387 g/mol. The zero-order valence-electron chi connectivity index (χ0n) is 16.0. The van der Waals surface area contributed by atoms with Crippen LogP contribution in [0.25, 0.3) is 0 Å². The monoisotopic (exact) mass is 386 g/mol. The minimum Gasteiger partial charge on any atom is -0.508 e. The Bertz CT molecular complexity index is 785. The third-order valence-corrected chi connectivity index (χ3v) is 5.91. The molecule has 3 unspecified atom stereocenters. The predicted molar refractivity (Wildman–Crippen MR) is 108 cm³/mol. The van der Waals surface area contributed by atoms with Gasteiger partial charge in [0, 0.05) is 11.9 Å². The van der Waals surface area contributed by atoms with Crippen LogP contribution in [0.5, 0.6) is 5.75 Å². The molecule has 0 radical (unpaired) electrons. The van der Waals surface area contributed by atoms with E-state index in [0.29, 0.717) is 11.8 Å². The van der Waals surface area contributed by atoms with Crippen LogP contribution in [0, 0.1) is 5.92 Å². The molecule has 0 aromatic heterocycles. The predicted octanol–water partition coefficient (Wildman–Crippen LogP) is 5.86. The molecule has 0 aliphatic heterocycles. The fourth-order valence-electron chi connectivity index (χ4n) is 4.13. The number of hydrogen-bond donors (Lipinski definition) is 1. The van der Waals surface area contributed by atoms with E-state index >= 15 is 0 Å². The molecule has 3 atom stereocenters. The number of esters is 1. The first-order valence-electron chi connectivity index (χ1n) is 9.68. The largest absolute Gasteiger partial charge is 0.508 e. The smallest absolute Gasteiger partial charge is 0.302 e. The maximum atomic E-state index is 11.4. The molecule has 3 nitrogen and oxygen atoms in total. The second-order valence-corrected chi connectivity index (χ2v) is 8.01. The molecule has 27 heavy (non-hydrogen) atoms. The lowest BCUT2D eigenvalue weighted by atomic mass is 9.75. The Morgan fingerprint density at radius 1 is 1.15 bits per heavy atom. The number of carbonyl (C=O) groups excluding carboxylic acids is 1. The summed E-state index contributed by atoms with van der Waals surface area (Å²) in [6.45, 7) is 3.69. The Labute approximate surface area is 166 Å². The lowest BCUT2D eigenvalue weighted by molar-refractivity contribution is -0.148. The van der Waals surface area contributed by atoms with Gasteiger partial charge in [0.2, 0.25) is 0 Å². The molecule has 0 saturated heterocycles. The first kappa shape index (κ1) is 19.8. The number of phenols is 1. The molecular formula is C23H27ClO3. The number of ether oxygens (including phenoxy) is 1. The molecule has 1 aliphatic rings. The van der Waals surface area contributed by atoms with E-state index in [1.165, 1.54) is 12.5 Å². The minimum atomic E-state index is -0.195. The Balaban J connectivity index is 1.80. The molecule has 0 bridgehead atoms. The van der Waals surface area contributed by atoms with Crippen molar-refractivity contribution in [3.63, 3.8) is 0 Å². The number of benzene rings is 2. The Morgan fingerprint density at radius 3 is 2.56 bits per heavy atom. The number of aromatic hydroxyl groups is 1. The van der Waals surface area contributed by atoms with Gasteiger partial charge in [0.25, 0.3) is 0 Å². The molecule has 1 saturated carbocycles. The lowest BCUT2D eigenvalue weighted by Crippen LogP contribution is -2.29. The summed E-state index contributed by atoms with van der Waals surface area (Å²) in [5.41, 5.74) is 3.46. The molecule has 2 aromatic rings. The second kappa shape index (κ2) is 8.79. The van der Waals surface area contributed by atoms with Gasteiger partial charge in [0.05, 0.1) is 0 Å². The molecule has 3 rings (SSSR count). The zero-order chi connectivity index (χ0) is 19.4. The second-order valence-electron chi connectivity index (χ2n) is 7.60. The van der Waals surface area contributed by atoms with Crippen molar-refractivity contribution in [1.82, 2.24) is 0 Å². The SMILES string of the molecule is CCC1CC(OC(C)=O)CC(c2ccc(Cl)c(Cc3ccc(O)cc3)c2)C1. The summed E-state index contributed by atoms with van der Waals surface area (Å²) in [7, 11) is 0. The maximum absolute atomic E-state index is 11.4. The number of phenolic OH excluding ortho intramolecular Hbond substituents is 1. The highest BCUT2D eigenvalue weighted by Crippen LogP contribution is 2.40. The summed E-state index contributed by atoms with van der Waals surface area (Å²) >= 11 is 6.45. The van der Waals surface area contributed by atoms with Gasteiger partial charge in [0.1, 0.15) is 11.9 Å². The van der Waals surface area contributed by atoms with Crippen LogP contribution in [0.15, 0.2) is 42.5 Å². The number of rotatable bonds is 5. The Morgan fingerprint density at radius 2 is 1.89 bits per heavy atom. The maximum Gasteiger partial charge on any atom is 0.302 e. The standard InChI is InChI=1S/C23H27ClO3/c1-3-16-10-19(14-22(12-16)27-15(2)25)18-6-9-23(24)20(13-18)11-17-4-7-21(26)8-5-17/h4-9,13,16,19,22,26H,3,10-12,14H2,1-2H3. The summed E-state index contributed by atoms with van der Waals surface area (Å²) in [5, 5.41) is 10.2. The van der Waals surface area contributed by atoms with Gasteiger partial charge in [0.15, 0.2) is 0 Å². The number of halogens is 1. The normalized spacial score (nSPS) is 22.4. The summed E-state index contributed by atoms with van der Waals surface area (Å²) in [6.07, 6.45) is 4.78. The summed E-state index contributed by atoms with van der Waals surface area (Å²) in [4.78, 5) is 11.4. The summed E-state index contributed by atoms with van der Waals surface area (Å²) in [6, 6.07) is 13.5. The summed E-state index contributed by atoms with van der Waals surface area (Å²) in [5.74, 6) is 1.02. The van der Waals surface area contributed by atoms with Gasteiger partial charge in [-0.25, -0.2) is 0 Å². The average Bonchev–Trinajstić information content (AvgIpc) is 2.64. The topological polar surface area (TPSA) is 46.5 Å². The van der Waals surface area contributed by atoms with Crippen LogP contribution in [0.4, 0.5) is 0 Å². The molecule has 0 amide bonds. The fourth-order valence-corrected chi connectivity index (χ4v) is 4.32. The van der Waals surface area contributed by atoms with E-state index in [2.05, 4.69) is 19.1 Å². The Kier molecular flexibility index (Phi) is 6.43. The van der Waals surface area contributed by atoms with E-state index in [9.17, 15) is 9.90 Å². The van der Waals surface area contributed by atoms with Crippen molar-refractivity contribution in [3.8, 4) is 5.75 Å². The number of hydrogen-bond acceptors (Lipinski definition) is 3. The van der Waals surface area contributed by atoms with Crippen molar-refractivity contribution in [2.24, 2.45) is 5.92 Å². The molecule has 1 N–H and O–H groups in total. The van der Waals surface area contributed by atoms with Crippen molar-refractivity contribution in [2.45, 2.75) is 58.0 Å². The molecule has 4 heteroatoms. The van der Waals surface area contributed by atoms with E-state index in [1.54, 1.807) is 12.1 Å². The molecule has 0 heterocycles. The molecule has 0 spiro atoms. The summed E-state index contributed by atoms with van der Waals surface area (Å²) < 4.78 is 5.55. The van der Waals surface area contributed by atoms with Gasteiger partial charge in [-0.1, -0.05) is 49.2 Å². The van der Waals surface area contributed by atoms with Crippen LogP contribution in [0.1, 0.15) is 62.1 Å². The van der Waals surface area contributed by atoms with Crippen LogP contribution in [-0.4, -0.2) is 17.2 Å². The first-order chi connectivity index (χ1) is 12.9.